The Balaban J connectivity index is 1.96. The smallest absolute Gasteiger partial charge is 0.113 e. The van der Waals surface area contributed by atoms with Crippen molar-refractivity contribution < 1.29 is 0 Å². The van der Waals surface area contributed by atoms with Gasteiger partial charge >= 0.3 is 0 Å². The summed E-state index contributed by atoms with van der Waals surface area (Å²) in [5.41, 5.74) is 9.39. The van der Waals surface area contributed by atoms with Crippen LogP contribution in [-0.2, 0) is 6.54 Å². The highest BCUT2D eigenvalue weighted by atomic mass is 15.1. The fraction of sp³-hybridized carbons (Fsp3) is 0.500. The van der Waals surface area contributed by atoms with Gasteiger partial charge in [0.1, 0.15) is 5.82 Å². The molecule has 2 aliphatic carbocycles. The van der Waals surface area contributed by atoms with Crippen LogP contribution in [0.2, 0.25) is 0 Å². The van der Waals surface area contributed by atoms with Crippen LogP contribution >= 0.6 is 0 Å². The molecule has 0 saturated heterocycles. The molecule has 2 aliphatic rings. The van der Waals surface area contributed by atoms with E-state index < -0.39 is 0 Å². The Morgan fingerprint density at radius 2 is 2.06 bits per heavy atom. The molecule has 3 nitrogen and oxygen atoms in total. The number of hydrogen-bond donors (Lipinski definition) is 1. The van der Waals surface area contributed by atoms with Gasteiger partial charge in [0, 0.05) is 18.5 Å². The van der Waals surface area contributed by atoms with Crippen molar-refractivity contribution >= 4 is 11.0 Å². The third-order valence-corrected chi connectivity index (χ3v) is 3.87. The molecule has 2 fully saturated rings. The van der Waals surface area contributed by atoms with Crippen molar-refractivity contribution in [1.29, 1.82) is 0 Å². The van der Waals surface area contributed by atoms with Crippen LogP contribution in [0.1, 0.15) is 49.0 Å². The molecule has 2 N–H and O–H groups in total. The third-order valence-electron chi connectivity index (χ3n) is 3.87. The van der Waals surface area contributed by atoms with Gasteiger partial charge in [-0.2, -0.15) is 0 Å². The fourth-order valence-electron chi connectivity index (χ4n) is 2.63. The second kappa shape index (κ2) is 3.33. The Kier molecular flexibility index (Phi) is 1.89. The predicted octanol–water partition coefficient (Wildman–Crippen LogP) is 2.71. The van der Waals surface area contributed by atoms with Crippen LogP contribution in [0, 0.1) is 0 Å². The molecule has 0 spiro atoms. The standard InChI is InChI=1S/C14H17N3/c15-8-9-1-6-12-13(7-9)17(11-4-5-11)14(16-12)10-2-3-10/h1,6-7,10-11H,2-5,8,15H2. The van der Waals surface area contributed by atoms with E-state index in [-0.39, 0.29) is 0 Å². The van der Waals surface area contributed by atoms with Gasteiger partial charge in [0.2, 0.25) is 0 Å². The summed E-state index contributed by atoms with van der Waals surface area (Å²) >= 11 is 0. The van der Waals surface area contributed by atoms with Crippen molar-refractivity contribution in [2.45, 2.75) is 44.2 Å². The Morgan fingerprint density at radius 3 is 2.71 bits per heavy atom. The molecule has 88 valence electrons. The van der Waals surface area contributed by atoms with Crippen molar-refractivity contribution in [2.24, 2.45) is 5.73 Å². The lowest BCUT2D eigenvalue weighted by Crippen LogP contribution is -2.01. The van der Waals surface area contributed by atoms with E-state index in [1.165, 1.54) is 42.6 Å². The van der Waals surface area contributed by atoms with Gasteiger partial charge in [0.15, 0.2) is 0 Å². The molecule has 0 atom stereocenters. The van der Waals surface area contributed by atoms with Crippen molar-refractivity contribution in [3.63, 3.8) is 0 Å². The number of aromatic nitrogens is 2. The molecule has 0 unspecified atom stereocenters. The lowest BCUT2D eigenvalue weighted by molar-refractivity contribution is 0.703. The topological polar surface area (TPSA) is 43.8 Å². The molecule has 3 heteroatoms. The van der Waals surface area contributed by atoms with Gasteiger partial charge in [0.05, 0.1) is 11.0 Å². The molecule has 1 heterocycles. The first-order valence-electron chi connectivity index (χ1n) is 6.57. The molecular weight excluding hydrogens is 210 g/mol. The number of fused-ring (bicyclic) bond motifs is 1. The molecule has 4 rings (SSSR count). The van der Waals surface area contributed by atoms with Crippen molar-refractivity contribution in [1.82, 2.24) is 9.55 Å². The van der Waals surface area contributed by atoms with E-state index in [0.717, 1.165) is 11.4 Å². The van der Waals surface area contributed by atoms with Crippen LogP contribution in [-0.4, -0.2) is 9.55 Å². The lowest BCUT2D eigenvalue weighted by Gasteiger charge is -2.06. The van der Waals surface area contributed by atoms with E-state index in [1.807, 2.05) is 0 Å². The van der Waals surface area contributed by atoms with E-state index in [1.54, 1.807) is 0 Å². The zero-order chi connectivity index (χ0) is 11.4. The number of hydrogen-bond acceptors (Lipinski definition) is 2. The van der Waals surface area contributed by atoms with E-state index in [2.05, 4.69) is 22.8 Å². The Morgan fingerprint density at radius 1 is 1.24 bits per heavy atom. The molecule has 1 aromatic heterocycles. The average molecular weight is 227 g/mol. The van der Waals surface area contributed by atoms with Crippen LogP contribution in [0.3, 0.4) is 0 Å². The normalized spacial score (nSPS) is 20.1. The monoisotopic (exact) mass is 227 g/mol. The molecule has 0 aliphatic heterocycles. The highest BCUT2D eigenvalue weighted by molar-refractivity contribution is 5.77. The van der Waals surface area contributed by atoms with Crippen LogP contribution < -0.4 is 5.73 Å². The molecule has 17 heavy (non-hydrogen) atoms. The molecule has 2 saturated carbocycles. The largest absolute Gasteiger partial charge is 0.326 e. The summed E-state index contributed by atoms with van der Waals surface area (Å²) in [4.78, 5) is 4.83. The first-order chi connectivity index (χ1) is 8.36. The van der Waals surface area contributed by atoms with E-state index in [9.17, 15) is 0 Å². The molecule has 1 aromatic carbocycles. The molecule has 0 amide bonds. The van der Waals surface area contributed by atoms with E-state index in [4.69, 9.17) is 10.7 Å². The van der Waals surface area contributed by atoms with Crippen LogP contribution in [0.5, 0.6) is 0 Å². The van der Waals surface area contributed by atoms with Crippen molar-refractivity contribution in [2.75, 3.05) is 0 Å². The molecule has 2 aromatic rings. The van der Waals surface area contributed by atoms with E-state index >= 15 is 0 Å². The summed E-state index contributed by atoms with van der Waals surface area (Å²) in [6.45, 7) is 0.616. The number of nitrogens with two attached hydrogens (primary N) is 1. The fourth-order valence-corrected chi connectivity index (χ4v) is 2.63. The zero-order valence-corrected chi connectivity index (χ0v) is 9.89. The van der Waals surface area contributed by atoms with Crippen molar-refractivity contribution in [3.8, 4) is 0 Å². The molecule has 0 radical (unpaired) electrons. The first-order valence-corrected chi connectivity index (χ1v) is 6.57. The Hall–Kier alpha value is -1.35. The zero-order valence-electron chi connectivity index (χ0n) is 9.89. The minimum Gasteiger partial charge on any atom is -0.326 e. The second-order valence-corrected chi connectivity index (χ2v) is 5.37. The van der Waals surface area contributed by atoms with Gasteiger partial charge in [-0.05, 0) is 43.4 Å². The van der Waals surface area contributed by atoms with Crippen LogP contribution in [0.15, 0.2) is 18.2 Å². The lowest BCUT2D eigenvalue weighted by atomic mass is 10.2. The van der Waals surface area contributed by atoms with Gasteiger partial charge in [-0.3, -0.25) is 0 Å². The molecule has 0 bridgehead atoms. The maximum absolute atomic E-state index is 5.73. The average Bonchev–Trinajstić information content (AvgIpc) is 3.24. The number of rotatable bonds is 3. The van der Waals surface area contributed by atoms with Crippen molar-refractivity contribution in [3.05, 3.63) is 29.6 Å². The minimum absolute atomic E-state index is 0.616. The minimum atomic E-state index is 0.616. The quantitative estimate of drug-likeness (QED) is 0.876. The van der Waals surface area contributed by atoms with Gasteiger partial charge < -0.3 is 10.3 Å². The van der Waals surface area contributed by atoms with Gasteiger partial charge in [0.25, 0.3) is 0 Å². The highest BCUT2D eigenvalue weighted by Crippen LogP contribution is 2.46. The van der Waals surface area contributed by atoms with Crippen LogP contribution in [0.25, 0.3) is 11.0 Å². The summed E-state index contributed by atoms with van der Waals surface area (Å²) < 4.78 is 2.49. The SMILES string of the molecule is NCc1ccc2nc(C3CC3)n(C3CC3)c2c1. The Bertz CT molecular complexity index is 576. The summed E-state index contributed by atoms with van der Waals surface area (Å²) in [7, 11) is 0. The Labute approximate surface area is 101 Å². The first kappa shape index (κ1) is 9.66. The summed E-state index contributed by atoms with van der Waals surface area (Å²) in [6, 6.07) is 7.17. The highest BCUT2D eigenvalue weighted by Gasteiger charge is 2.35. The summed E-state index contributed by atoms with van der Waals surface area (Å²) in [6.07, 6.45) is 5.27. The number of imidazole rings is 1. The predicted molar refractivity (Wildman–Crippen MR) is 67.9 cm³/mol. The van der Waals surface area contributed by atoms with E-state index in [0.29, 0.717) is 12.6 Å². The maximum Gasteiger partial charge on any atom is 0.113 e. The molecular formula is C14H17N3. The summed E-state index contributed by atoms with van der Waals surface area (Å²) in [5.74, 6) is 2.06. The second-order valence-electron chi connectivity index (χ2n) is 5.37. The number of benzene rings is 1. The maximum atomic E-state index is 5.73. The third kappa shape index (κ3) is 1.49. The summed E-state index contributed by atoms with van der Waals surface area (Å²) in [5, 5.41) is 0. The van der Waals surface area contributed by atoms with Crippen LogP contribution in [0.4, 0.5) is 0 Å². The van der Waals surface area contributed by atoms with Gasteiger partial charge in [-0.15, -0.1) is 0 Å². The van der Waals surface area contributed by atoms with Gasteiger partial charge in [-0.25, -0.2) is 4.98 Å². The number of nitrogens with zero attached hydrogens (tertiary/aromatic N) is 2. The van der Waals surface area contributed by atoms with Gasteiger partial charge in [-0.1, -0.05) is 6.07 Å².